The molecule has 0 saturated carbocycles. The van der Waals surface area contributed by atoms with Gasteiger partial charge in [-0.2, -0.15) is 0 Å². The van der Waals surface area contributed by atoms with Gasteiger partial charge in [-0.25, -0.2) is 9.78 Å². The summed E-state index contributed by atoms with van der Waals surface area (Å²) in [6, 6.07) is 19.3. The highest BCUT2D eigenvalue weighted by Crippen LogP contribution is 2.36. The highest BCUT2D eigenvalue weighted by atomic mass is 79.9. The summed E-state index contributed by atoms with van der Waals surface area (Å²) >= 11 is 3.61. The van der Waals surface area contributed by atoms with Crippen LogP contribution in [0.25, 0.3) is 16.9 Å². The van der Waals surface area contributed by atoms with Gasteiger partial charge in [0.15, 0.2) is 0 Å². The maximum absolute atomic E-state index is 12.8. The van der Waals surface area contributed by atoms with Crippen LogP contribution >= 0.6 is 15.9 Å². The Morgan fingerprint density at radius 1 is 0.949 bits per heavy atom. The average Bonchev–Trinajstić information content (AvgIpc) is 3.20. The van der Waals surface area contributed by atoms with Crippen LogP contribution in [-0.4, -0.2) is 20.9 Å². The molecule has 4 rings (SSSR count). The number of nitrogens with one attached hydrogen (secondary N) is 1. The molecule has 2 heterocycles. The predicted molar refractivity (Wildman–Crippen MR) is 165 cm³/mol. The molecule has 0 aliphatic heterocycles. The number of hydrogen-bond donors (Lipinski definition) is 1. The van der Waals surface area contributed by atoms with E-state index < -0.39 is 0 Å². The summed E-state index contributed by atoms with van der Waals surface area (Å²) in [6.07, 6.45) is 7.64. The van der Waals surface area contributed by atoms with Gasteiger partial charge in [0, 0.05) is 21.8 Å². The number of hydrogen-bond acceptors (Lipinski definition) is 4. The quantitative estimate of drug-likeness (QED) is 0.114. The van der Waals surface area contributed by atoms with E-state index in [1.807, 2.05) is 66.9 Å². The van der Waals surface area contributed by atoms with Crippen LogP contribution in [0.3, 0.4) is 0 Å². The van der Waals surface area contributed by atoms with Crippen molar-refractivity contribution in [2.75, 3.05) is 5.32 Å². The topological polar surface area (TPSA) is 55.6 Å². The van der Waals surface area contributed by atoms with Crippen LogP contribution in [0.1, 0.15) is 83.1 Å². The Balaban J connectivity index is 1.55. The highest BCUT2D eigenvalue weighted by molar-refractivity contribution is 9.10. The number of ether oxygens (including phenoxy) is 1. The van der Waals surface area contributed by atoms with E-state index in [1.54, 1.807) is 0 Å². The molecule has 0 unspecified atom stereocenters. The summed E-state index contributed by atoms with van der Waals surface area (Å²) in [6.45, 7) is 13.4. The molecular weight excluding hydrogens is 550 g/mol. The first-order valence-electron chi connectivity index (χ1n) is 13.8. The van der Waals surface area contributed by atoms with Crippen molar-refractivity contribution < 1.29 is 9.53 Å². The van der Waals surface area contributed by atoms with E-state index in [4.69, 9.17) is 9.72 Å². The summed E-state index contributed by atoms with van der Waals surface area (Å²) < 4.78 is 8.75. The van der Waals surface area contributed by atoms with E-state index >= 15 is 0 Å². The first kappa shape index (κ1) is 28.9. The van der Waals surface area contributed by atoms with Gasteiger partial charge in [-0.1, -0.05) is 52.7 Å². The molecule has 0 bridgehead atoms. The fourth-order valence-electron chi connectivity index (χ4n) is 5.26. The lowest BCUT2D eigenvalue weighted by molar-refractivity contribution is 0.0734. The number of carbonyl (C=O) groups is 1. The summed E-state index contributed by atoms with van der Waals surface area (Å²) in [5, 5.41) is 3.78. The third kappa shape index (κ3) is 7.72. The monoisotopic (exact) mass is 589 g/mol. The second kappa shape index (κ2) is 12.0. The molecule has 2 aromatic carbocycles. The number of imidazole rings is 1. The Labute approximate surface area is 241 Å². The molecule has 39 heavy (non-hydrogen) atoms. The number of anilines is 1. The third-order valence-electron chi connectivity index (χ3n) is 6.61. The molecule has 0 spiro atoms. The van der Waals surface area contributed by atoms with Crippen LogP contribution in [-0.2, 0) is 6.42 Å². The first-order chi connectivity index (χ1) is 18.4. The van der Waals surface area contributed by atoms with Crippen molar-refractivity contribution in [1.82, 2.24) is 9.38 Å². The second-order valence-corrected chi connectivity index (χ2v) is 13.1. The predicted octanol–water partition coefficient (Wildman–Crippen LogP) is 9.34. The molecule has 0 atom stereocenters. The minimum absolute atomic E-state index is 0.160. The maximum atomic E-state index is 12.8. The van der Waals surface area contributed by atoms with Gasteiger partial charge >= 0.3 is 5.97 Å². The Morgan fingerprint density at radius 3 is 2.28 bits per heavy atom. The zero-order chi connectivity index (χ0) is 28.2. The van der Waals surface area contributed by atoms with Crippen LogP contribution in [0.15, 0.2) is 71.3 Å². The fraction of sp³-hybridized carbons (Fsp3) is 0.394. The fourth-order valence-corrected chi connectivity index (χ4v) is 5.60. The number of nitrogens with zero attached hydrogens (tertiary/aromatic N) is 2. The smallest absolute Gasteiger partial charge is 0.343 e. The Kier molecular flexibility index (Phi) is 8.85. The molecule has 2 aromatic heterocycles. The van der Waals surface area contributed by atoms with Crippen LogP contribution in [0.5, 0.6) is 5.75 Å². The maximum Gasteiger partial charge on any atom is 0.343 e. The van der Waals surface area contributed by atoms with E-state index in [9.17, 15) is 4.79 Å². The van der Waals surface area contributed by atoms with Crippen LogP contribution in [0.2, 0.25) is 0 Å². The summed E-state index contributed by atoms with van der Waals surface area (Å²) in [5.74, 6) is 1.08. The van der Waals surface area contributed by atoms with Gasteiger partial charge in [0.05, 0.1) is 5.56 Å². The van der Waals surface area contributed by atoms with E-state index in [0.717, 1.165) is 40.0 Å². The van der Waals surface area contributed by atoms with Gasteiger partial charge in [-0.05, 0) is 109 Å². The molecule has 6 heteroatoms. The van der Waals surface area contributed by atoms with Gasteiger partial charge in [0.2, 0.25) is 0 Å². The molecular formula is C33H40BrN3O2. The van der Waals surface area contributed by atoms with Gasteiger partial charge in [-0.15, -0.1) is 0 Å². The molecule has 5 nitrogen and oxygen atoms in total. The number of carbonyl (C=O) groups excluding carboxylic acids is 1. The number of benzene rings is 2. The normalized spacial score (nSPS) is 12.1. The molecule has 0 radical (unpaired) electrons. The molecule has 0 aliphatic rings. The standard InChI is InChI=1S/C33H40BrN3O2/c1-7-8-9-10-23-11-13-25(14-12-23)31(38)39-27-18-15-24(16-19-27)29-30(36-33(5,6)22-32(2,3)4)37-21-26(34)17-20-28(37)35-29/h11-21,36H,7-10,22H2,1-6H3. The van der Waals surface area contributed by atoms with Gasteiger partial charge in [0.25, 0.3) is 0 Å². The lowest BCUT2D eigenvalue weighted by Gasteiger charge is -2.34. The Bertz CT molecular complexity index is 1410. The summed E-state index contributed by atoms with van der Waals surface area (Å²) in [4.78, 5) is 17.7. The summed E-state index contributed by atoms with van der Waals surface area (Å²) in [5.41, 5.74) is 4.46. The Hall–Kier alpha value is -3.12. The zero-order valence-corrected chi connectivity index (χ0v) is 25.6. The van der Waals surface area contributed by atoms with E-state index in [-0.39, 0.29) is 16.9 Å². The molecule has 0 fully saturated rings. The number of esters is 1. The number of unbranched alkanes of at least 4 members (excludes halogenated alkanes) is 2. The second-order valence-electron chi connectivity index (χ2n) is 12.2. The van der Waals surface area contributed by atoms with Crippen molar-refractivity contribution in [3.63, 3.8) is 0 Å². The third-order valence-corrected chi connectivity index (χ3v) is 7.08. The zero-order valence-electron chi connectivity index (χ0n) is 24.0. The van der Waals surface area contributed by atoms with Crippen molar-refractivity contribution in [1.29, 1.82) is 0 Å². The van der Waals surface area contributed by atoms with E-state index in [0.29, 0.717) is 11.3 Å². The molecule has 0 amide bonds. The number of aromatic nitrogens is 2. The number of aryl methyl sites for hydroxylation is 1. The largest absolute Gasteiger partial charge is 0.423 e. The van der Waals surface area contributed by atoms with E-state index in [2.05, 4.69) is 67.2 Å². The molecule has 206 valence electrons. The van der Waals surface area contributed by atoms with Crippen LogP contribution < -0.4 is 10.1 Å². The van der Waals surface area contributed by atoms with Gasteiger partial charge in [0.1, 0.15) is 22.9 Å². The van der Waals surface area contributed by atoms with Gasteiger partial charge in [-0.3, -0.25) is 4.40 Å². The van der Waals surface area contributed by atoms with E-state index in [1.165, 1.54) is 24.8 Å². The first-order valence-corrected chi connectivity index (χ1v) is 14.6. The van der Waals surface area contributed by atoms with Crippen molar-refractivity contribution in [3.05, 3.63) is 82.5 Å². The molecule has 0 aliphatic carbocycles. The molecule has 4 aromatic rings. The highest BCUT2D eigenvalue weighted by Gasteiger charge is 2.28. The molecule has 1 N–H and O–H groups in total. The Morgan fingerprint density at radius 2 is 1.64 bits per heavy atom. The average molecular weight is 591 g/mol. The lowest BCUT2D eigenvalue weighted by atomic mass is 9.82. The molecule has 0 saturated heterocycles. The lowest BCUT2D eigenvalue weighted by Crippen LogP contribution is -2.36. The van der Waals surface area contributed by atoms with Gasteiger partial charge < -0.3 is 10.1 Å². The van der Waals surface area contributed by atoms with Crippen molar-refractivity contribution in [2.24, 2.45) is 5.41 Å². The number of pyridine rings is 1. The number of halogens is 1. The summed E-state index contributed by atoms with van der Waals surface area (Å²) in [7, 11) is 0. The minimum atomic E-state index is -0.355. The SMILES string of the molecule is CCCCCc1ccc(C(=O)Oc2ccc(-c3nc4ccc(Br)cn4c3NC(C)(C)CC(C)(C)C)cc2)cc1. The van der Waals surface area contributed by atoms with Crippen molar-refractivity contribution in [2.45, 2.75) is 79.2 Å². The van der Waals surface area contributed by atoms with Crippen molar-refractivity contribution >= 4 is 33.4 Å². The van der Waals surface area contributed by atoms with Crippen molar-refractivity contribution in [3.8, 4) is 17.0 Å². The van der Waals surface area contributed by atoms with Crippen LogP contribution in [0, 0.1) is 5.41 Å². The minimum Gasteiger partial charge on any atom is -0.423 e. The van der Waals surface area contributed by atoms with Crippen LogP contribution in [0.4, 0.5) is 5.82 Å². The number of rotatable bonds is 10. The number of fused-ring (bicyclic) bond motifs is 1.